The molecule has 28 heavy (non-hydrogen) atoms. The third kappa shape index (κ3) is 4.55. The number of halogens is 1. The van der Waals surface area contributed by atoms with Crippen LogP contribution in [0.5, 0.6) is 5.75 Å². The summed E-state index contributed by atoms with van der Waals surface area (Å²) < 4.78 is 19.1. The Kier molecular flexibility index (Phi) is 5.73. The molecule has 0 bridgehead atoms. The summed E-state index contributed by atoms with van der Waals surface area (Å²) in [6.45, 7) is 5.88. The van der Waals surface area contributed by atoms with E-state index in [9.17, 15) is 14.3 Å². The molecule has 0 aliphatic heterocycles. The molecule has 0 amide bonds. The molecule has 5 heteroatoms. The number of aromatic nitrogens is 1. The monoisotopic (exact) mass is 379 g/mol. The van der Waals surface area contributed by atoms with Crippen molar-refractivity contribution in [2.45, 2.75) is 33.3 Å². The Morgan fingerprint density at radius 1 is 1.11 bits per heavy atom. The Hall–Kier alpha value is -3.21. The Morgan fingerprint density at radius 3 is 2.46 bits per heavy atom. The van der Waals surface area contributed by atoms with Crippen molar-refractivity contribution < 1.29 is 19.0 Å². The zero-order chi connectivity index (χ0) is 20.3. The molecule has 0 saturated carbocycles. The number of benzene rings is 2. The fraction of sp³-hybridized carbons (Fsp3) is 0.217. The summed E-state index contributed by atoms with van der Waals surface area (Å²) in [5.74, 6) is -0.679. The van der Waals surface area contributed by atoms with E-state index in [1.807, 2.05) is 39.0 Å². The highest BCUT2D eigenvalue weighted by atomic mass is 19.1. The quantitative estimate of drug-likeness (QED) is 0.634. The van der Waals surface area contributed by atoms with Crippen molar-refractivity contribution in [2.75, 3.05) is 0 Å². The van der Waals surface area contributed by atoms with E-state index in [-0.39, 0.29) is 17.5 Å². The van der Waals surface area contributed by atoms with Crippen LogP contribution in [0.15, 0.2) is 54.6 Å². The van der Waals surface area contributed by atoms with E-state index >= 15 is 0 Å². The highest BCUT2D eigenvalue weighted by Crippen LogP contribution is 2.31. The van der Waals surface area contributed by atoms with Gasteiger partial charge in [0.1, 0.15) is 11.6 Å². The highest BCUT2D eigenvalue weighted by Gasteiger charge is 2.16. The minimum atomic E-state index is -1.04. The number of nitrogens with zero attached hydrogens (tertiary/aromatic N) is 1. The average molecular weight is 379 g/mol. The topological polar surface area (TPSA) is 59.4 Å². The van der Waals surface area contributed by atoms with Gasteiger partial charge in [-0.2, -0.15) is 0 Å². The predicted molar refractivity (Wildman–Crippen MR) is 106 cm³/mol. The van der Waals surface area contributed by atoms with Gasteiger partial charge in [-0.3, -0.25) is 4.98 Å². The van der Waals surface area contributed by atoms with Crippen molar-refractivity contribution in [3.8, 4) is 17.0 Å². The van der Waals surface area contributed by atoms with Gasteiger partial charge in [-0.15, -0.1) is 0 Å². The Morgan fingerprint density at radius 2 is 1.82 bits per heavy atom. The van der Waals surface area contributed by atoms with Gasteiger partial charge < -0.3 is 9.84 Å². The Labute approximate surface area is 163 Å². The van der Waals surface area contributed by atoms with Crippen LogP contribution in [0.3, 0.4) is 0 Å². The van der Waals surface area contributed by atoms with Gasteiger partial charge in [-0.1, -0.05) is 23.8 Å². The summed E-state index contributed by atoms with van der Waals surface area (Å²) in [4.78, 5) is 16.3. The first kappa shape index (κ1) is 19.5. The van der Waals surface area contributed by atoms with Crippen LogP contribution in [-0.2, 0) is 6.42 Å². The van der Waals surface area contributed by atoms with E-state index in [4.69, 9.17) is 4.74 Å². The molecule has 0 fully saturated rings. The van der Waals surface area contributed by atoms with Crippen molar-refractivity contribution in [3.63, 3.8) is 0 Å². The SMILES string of the molecule is Cc1ccc(OC(C)C)c(-c2ccc(C(=O)O)c(Cc3ccc(F)cc3)n2)c1. The normalized spacial score (nSPS) is 10.9. The first-order valence-electron chi connectivity index (χ1n) is 9.09. The second kappa shape index (κ2) is 8.21. The van der Waals surface area contributed by atoms with Gasteiger partial charge in [-0.25, -0.2) is 9.18 Å². The smallest absolute Gasteiger partial charge is 0.337 e. The van der Waals surface area contributed by atoms with Crippen LogP contribution in [0.25, 0.3) is 11.3 Å². The van der Waals surface area contributed by atoms with Gasteiger partial charge in [0.15, 0.2) is 0 Å². The van der Waals surface area contributed by atoms with Gasteiger partial charge in [-0.05, 0) is 62.7 Å². The molecular weight excluding hydrogens is 357 g/mol. The van der Waals surface area contributed by atoms with Gasteiger partial charge in [0, 0.05) is 12.0 Å². The number of hydrogen-bond acceptors (Lipinski definition) is 3. The third-order valence-electron chi connectivity index (χ3n) is 4.26. The summed E-state index contributed by atoms with van der Waals surface area (Å²) in [7, 11) is 0. The van der Waals surface area contributed by atoms with Crippen LogP contribution >= 0.6 is 0 Å². The molecule has 0 saturated heterocycles. The summed E-state index contributed by atoms with van der Waals surface area (Å²) in [6, 6.07) is 15.1. The number of rotatable bonds is 6. The second-order valence-electron chi connectivity index (χ2n) is 6.97. The van der Waals surface area contributed by atoms with Gasteiger partial charge in [0.05, 0.1) is 23.1 Å². The Balaban J connectivity index is 2.07. The van der Waals surface area contributed by atoms with E-state index < -0.39 is 5.97 Å². The number of aryl methyl sites for hydroxylation is 1. The van der Waals surface area contributed by atoms with Crippen molar-refractivity contribution in [1.82, 2.24) is 4.98 Å². The van der Waals surface area contributed by atoms with Crippen molar-refractivity contribution >= 4 is 5.97 Å². The molecule has 1 heterocycles. The first-order valence-corrected chi connectivity index (χ1v) is 9.09. The van der Waals surface area contributed by atoms with Gasteiger partial charge >= 0.3 is 5.97 Å². The molecule has 0 unspecified atom stereocenters. The summed E-state index contributed by atoms with van der Waals surface area (Å²) in [6.07, 6.45) is 0.292. The van der Waals surface area contributed by atoms with Crippen molar-refractivity contribution in [3.05, 3.63) is 82.8 Å². The number of carboxylic acids is 1. The number of carboxylic acid groups (broad SMARTS) is 1. The molecule has 0 aliphatic rings. The van der Waals surface area contributed by atoms with Gasteiger partial charge in [0.2, 0.25) is 0 Å². The highest BCUT2D eigenvalue weighted by molar-refractivity contribution is 5.89. The summed E-state index contributed by atoms with van der Waals surface area (Å²) in [5, 5.41) is 9.54. The molecule has 0 aliphatic carbocycles. The lowest BCUT2D eigenvalue weighted by atomic mass is 10.0. The zero-order valence-corrected chi connectivity index (χ0v) is 16.1. The number of hydrogen-bond donors (Lipinski definition) is 1. The standard InChI is InChI=1S/C23H22FNO3/c1-14(2)28-22-11-4-15(3)12-19(22)20-10-9-18(23(26)27)21(25-20)13-16-5-7-17(24)8-6-16/h4-12,14H,13H2,1-3H3,(H,26,27). The van der Waals surface area contributed by atoms with E-state index in [2.05, 4.69) is 4.98 Å². The molecule has 0 radical (unpaired) electrons. The fourth-order valence-electron chi connectivity index (χ4n) is 2.98. The fourth-order valence-corrected chi connectivity index (χ4v) is 2.98. The van der Waals surface area contributed by atoms with Crippen LogP contribution in [0.4, 0.5) is 4.39 Å². The van der Waals surface area contributed by atoms with E-state index in [1.165, 1.54) is 12.1 Å². The maximum absolute atomic E-state index is 13.2. The predicted octanol–water partition coefficient (Wildman–Crippen LogP) is 5.27. The average Bonchev–Trinajstić information content (AvgIpc) is 2.64. The minimum absolute atomic E-state index is 0.00145. The molecular formula is C23H22FNO3. The van der Waals surface area contributed by atoms with Crippen molar-refractivity contribution in [1.29, 1.82) is 0 Å². The molecule has 0 atom stereocenters. The van der Waals surface area contributed by atoms with Crippen LogP contribution in [0, 0.1) is 12.7 Å². The maximum Gasteiger partial charge on any atom is 0.337 e. The van der Waals surface area contributed by atoms with Crippen LogP contribution in [0.2, 0.25) is 0 Å². The van der Waals surface area contributed by atoms with Crippen LogP contribution in [0.1, 0.15) is 41.0 Å². The van der Waals surface area contributed by atoms with E-state index in [0.29, 0.717) is 23.6 Å². The zero-order valence-electron chi connectivity index (χ0n) is 16.1. The van der Waals surface area contributed by atoms with Crippen LogP contribution in [-0.4, -0.2) is 22.2 Å². The lowest BCUT2D eigenvalue weighted by molar-refractivity contribution is 0.0695. The molecule has 1 N–H and O–H groups in total. The minimum Gasteiger partial charge on any atom is -0.490 e. The lowest BCUT2D eigenvalue weighted by Crippen LogP contribution is -2.09. The first-order chi connectivity index (χ1) is 13.3. The molecule has 2 aromatic carbocycles. The number of carbonyl (C=O) groups is 1. The summed E-state index contributed by atoms with van der Waals surface area (Å²) >= 11 is 0. The second-order valence-corrected chi connectivity index (χ2v) is 6.97. The van der Waals surface area contributed by atoms with E-state index in [0.717, 1.165) is 16.7 Å². The molecule has 3 aromatic rings. The maximum atomic E-state index is 13.2. The van der Waals surface area contributed by atoms with E-state index in [1.54, 1.807) is 24.3 Å². The van der Waals surface area contributed by atoms with Crippen molar-refractivity contribution in [2.24, 2.45) is 0 Å². The summed E-state index contributed by atoms with van der Waals surface area (Å²) in [5.41, 5.74) is 3.85. The molecule has 4 nitrogen and oxygen atoms in total. The molecule has 1 aromatic heterocycles. The number of aromatic carboxylic acids is 1. The molecule has 3 rings (SSSR count). The number of pyridine rings is 1. The molecule has 144 valence electrons. The number of ether oxygens (including phenoxy) is 1. The third-order valence-corrected chi connectivity index (χ3v) is 4.26. The molecule has 0 spiro atoms. The van der Waals surface area contributed by atoms with Gasteiger partial charge in [0.25, 0.3) is 0 Å². The lowest BCUT2D eigenvalue weighted by Gasteiger charge is -2.16. The Bertz CT molecular complexity index is 997. The largest absolute Gasteiger partial charge is 0.490 e. The van der Waals surface area contributed by atoms with Crippen LogP contribution < -0.4 is 4.74 Å².